The Morgan fingerprint density at radius 1 is 1.46 bits per heavy atom. The van der Waals surface area contributed by atoms with Gasteiger partial charge in [0.2, 0.25) is 5.91 Å². The Balaban J connectivity index is 3.12. The highest BCUT2D eigenvalue weighted by Crippen LogP contribution is 2.17. The molecule has 0 radical (unpaired) electrons. The van der Waals surface area contributed by atoms with Gasteiger partial charge in [-0.2, -0.15) is 0 Å². The van der Waals surface area contributed by atoms with E-state index in [4.69, 9.17) is 5.73 Å². The smallest absolute Gasteiger partial charge is 0.224 e. The minimum Gasteiger partial charge on any atom is -0.369 e. The van der Waals surface area contributed by atoms with E-state index in [0.717, 1.165) is 6.29 Å². The van der Waals surface area contributed by atoms with Crippen molar-refractivity contribution < 1.29 is 9.59 Å². The third-order valence-corrected chi connectivity index (χ3v) is 2.02. The lowest BCUT2D eigenvalue weighted by Gasteiger charge is -2.09. The maximum Gasteiger partial charge on any atom is 0.224 e. The number of amides is 1. The van der Waals surface area contributed by atoms with Crippen LogP contribution >= 0.6 is 0 Å². The summed E-state index contributed by atoms with van der Waals surface area (Å²) in [5.74, 6) is -0.837. The molecule has 0 aliphatic carbocycles. The quantitative estimate of drug-likeness (QED) is 0.702. The molecule has 0 aliphatic heterocycles. The van der Waals surface area contributed by atoms with E-state index in [9.17, 15) is 9.59 Å². The zero-order chi connectivity index (χ0) is 9.84. The molecule has 0 bridgehead atoms. The molecule has 13 heavy (non-hydrogen) atoms. The summed E-state index contributed by atoms with van der Waals surface area (Å²) < 4.78 is 0. The topological polar surface area (TPSA) is 60.2 Å². The van der Waals surface area contributed by atoms with E-state index in [1.54, 1.807) is 31.2 Å². The van der Waals surface area contributed by atoms with Crippen LogP contribution in [0, 0.1) is 0 Å². The number of hydrogen-bond donors (Lipinski definition) is 1. The molecular weight excluding hydrogens is 166 g/mol. The summed E-state index contributed by atoms with van der Waals surface area (Å²) in [5.41, 5.74) is 6.34. The van der Waals surface area contributed by atoms with Crippen molar-refractivity contribution in [3.63, 3.8) is 0 Å². The number of nitrogens with two attached hydrogens (primary N) is 1. The third-order valence-electron chi connectivity index (χ3n) is 2.02. The number of aldehydes is 1. The van der Waals surface area contributed by atoms with Gasteiger partial charge < -0.3 is 5.73 Å². The molecule has 0 aliphatic rings. The second-order valence-corrected chi connectivity index (χ2v) is 2.87. The van der Waals surface area contributed by atoms with Crippen LogP contribution in [0.2, 0.25) is 0 Å². The van der Waals surface area contributed by atoms with Crippen molar-refractivity contribution in [2.45, 2.75) is 12.8 Å². The molecule has 3 heteroatoms. The molecule has 0 aromatic heterocycles. The molecule has 1 aromatic rings. The average molecular weight is 177 g/mol. The lowest BCUT2D eigenvalue weighted by molar-refractivity contribution is -0.119. The first-order chi connectivity index (χ1) is 6.16. The van der Waals surface area contributed by atoms with Crippen molar-refractivity contribution in [1.29, 1.82) is 0 Å². The summed E-state index contributed by atoms with van der Waals surface area (Å²) in [6, 6.07) is 6.93. The van der Waals surface area contributed by atoms with Crippen molar-refractivity contribution >= 4 is 12.2 Å². The van der Waals surface area contributed by atoms with Crippen LogP contribution in [-0.4, -0.2) is 12.2 Å². The predicted octanol–water partition coefficient (Wildman–Crippen LogP) is 1.09. The molecule has 2 N–H and O–H groups in total. The van der Waals surface area contributed by atoms with E-state index >= 15 is 0 Å². The van der Waals surface area contributed by atoms with Gasteiger partial charge in [-0.25, -0.2) is 0 Å². The molecule has 0 saturated carbocycles. The van der Waals surface area contributed by atoms with Crippen LogP contribution < -0.4 is 5.73 Å². The first-order valence-electron chi connectivity index (χ1n) is 4.00. The normalized spacial score (nSPS) is 12.1. The Labute approximate surface area is 76.6 Å². The Bertz CT molecular complexity index is 333. The van der Waals surface area contributed by atoms with Crippen LogP contribution in [0.1, 0.15) is 28.8 Å². The highest BCUT2D eigenvalue weighted by atomic mass is 16.1. The second kappa shape index (κ2) is 3.85. The Kier molecular flexibility index (Phi) is 2.80. The van der Waals surface area contributed by atoms with E-state index in [1.807, 2.05) is 0 Å². The Morgan fingerprint density at radius 2 is 2.08 bits per heavy atom. The fourth-order valence-electron chi connectivity index (χ4n) is 1.17. The minimum atomic E-state index is -0.422. The van der Waals surface area contributed by atoms with E-state index in [0.29, 0.717) is 11.1 Å². The number of carbonyl (C=O) groups is 2. The number of rotatable bonds is 3. The zero-order valence-corrected chi connectivity index (χ0v) is 7.36. The van der Waals surface area contributed by atoms with Gasteiger partial charge in [-0.1, -0.05) is 24.3 Å². The van der Waals surface area contributed by atoms with Crippen molar-refractivity contribution in [2.75, 3.05) is 0 Å². The number of hydrogen-bond acceptors (Lipinski definition) is 2. The van der Waals surface area contributed by atoms with Crippen molar-refractivity contribution in [2.24, 2.45) is 5.73 Å². The molecule has 1 aromatic carbocycles. The molecule has 68 valence electrons. The van der Waals surface area contributed by atoms with Crippen LogP contribution in [-0.2, 0) is 4.79 Å². The largest absolute Gasteiger partial charge is 0.369 e. The van der Waals surface area contributed by atoms with Gasteiger partial charge in [0, 0.05) is 5.56 Å². The maximum absolute atomic E-state index is 10.9. The lowest BCUT2D eigenvalue weighted by Crippen LogP contribution is -2.19. The molecule has 0 saturated heterocycles. The first-order valence-corrected chi connectivity index (χ1v) is 4.00. The summed E-state index contributed by atoms with van der Waals surface area (Å²) in [4.78, 5) is 21.5. The van der Waals surface area contributed by atoms with E-state index in [-0.39, 0.29) is 0 Å². The van der Waals surface area contributed by atoms with Crippen molar-refractivity contribution in [3.05, 3.63) is 35.4 Å². The van der Waals surface area contributed by atoms with E-state index < -0.39 is 11.8 Å². The number of primary amides is 1. The Hall–Kier alpha value is -1.64. The molecule has 3 nitrogen and oxygen atoms in total. The molecule has 1 atom stereocenters. The summed E-state index contributed by atoms with van der Waals surface area (Å²) in [5, 5.41) is 0. The van der Waals surface area contributed by atoms with Crippen LogP contribution in [0.5, 0.6) is 0 Å². The second-order valence-electron chi connectivity index (χ2n) is 2.87. The Morgan fingerprint density at radius 3 is 2.62 bits per heavy atom. The van der Waals surface area contributed by atoms with Crippen LogP contribution in [0.3, 0.4) is 0 Å². The number of carbonyl (C=O) groups excluding carboxylic acids is 2. The van der Waals surface area contributed by atoms with Crippen LogP contribution in [0.4, 0.5) is 0 Å². The highest BCUT2D eigenvalue weighted by Gasteiger charge is 2.14. The molecule has 0 fully saturated rings. The van der Waals surface area contributed by atoms with Gasteiger partial charge in [-0.3, -0.25) is 9.59 Å². The summed E-state index contributed by atoms with van der Waals surface area (Å²) in [6.45, 7) is 1.69. The number of benzene rings is 1. The first kappa shape index (κ1) is 9.45. The van der Waals surface area contributed by atoms with Crippen molar-refractivity contribution in [1.82, 2.24) is 0 Å². The van der Waals surface area contributed by atoms with Crippen LogP contribution in [0.15, 0.2) is 24.3 Å². The molecule has 0 heterocycles. The summed E-state index contributed by atoms with van der Waals surface area (Å²) >= 11 is 0. The fraction of sp³-hybridized carbons (Fsp3) is 0.200. The molecular formula is C10H11NO2. The average Bonchev–Trinajstić information content (AvgIpc) is 2.16. The molecule has 0 unspecified atom stereocenters. The van der Waals surface area contributed by atoms with E-state index in [1.165, 1.54) is 0 Å². The van der Waals surface area contributed by atoms with Crippen molar-refractivity contribution in [3.8, 4) is 0 Å². The maximum atomic E-state index is 10.9. The molecule has 1 rings (SSSR count). The van der Waals surface area contributed by atoms with Gasteiger partial charge in [0.25, 0.3) is 0 Å². The third kappa shape index (κ3) is 1.93. The summed E-state index contributed by atoms with van der Waals surface area (Å²) in [6.07, 6.45) is 0.731. The minimum absolute atomic E-state index is 0.415. The molecule has 1 amide bonds. The van der Waals surface area contributed by atoms with Crippen LogP contribution in [0.25, 0.3) is 0 Å². The lowest BCUT2D eigenvalue weighted by atomic mass is 9.96. The van der Waals surface area contributed by atoms with Gasteiger partial charge in [0.05, 0.1) is 5.92 Å². The summed E-state index contributed by atoms with van der Waals surface area (Å²) in [7, 11) is 0. The van der Waals surface area contributed by atoms with Gasteiger partial charge in [-0.05, 0) is 12.5 Å². The van der Waals surface area contributed by atoms with Gasteiger partial charge in [0.1, 0.15) is 6.29 Å². The van der Waals surface area contributed by atoms with Gasteiger partial charge >= 0.3 is 0 Å². The standard InChI is InChI=1S/C10H11NO2/c1-7(10(11)13)9-5-3-2-4-8(9)6-12/h2-7H,1H3,(H2,11,13)/t7-/m1/s1. The monoisotopic (exact) mass is 177 g/mol. The van der Waals surface area contributed by atoms with Gasteiger partial charge in [0.15, 0.2) is 0 Å². The highest BCUT2D eigenvalue weighted by molar-refractivity contribution is 5.86. The molecule has 0 spiro atoms. The van der Waals surface area contributed by atoms with E-state index in [2.05, 4.69) is 0 Å². The predicted molar refractivity (Wildman–Crippen MR) is 49.4 cm³/mol. The SMILES string of the molecule is C[C@@H](C(N)=O)c1ccccc1C=O. The zero-order valence-electron chi connectivity index (χ0n) is 7.36. The fourth-order valence-corrected chi connectivity index (χ4v) is 1.17. The van der Waals surface area contributed by atoms with Gasteiger partial charge in [-0.15, -0.1) is 0 Å².